The molecule has 0 spiro atoms. The molecule has 3 nitrogen and oxygen atoms in total. The Labute approximate surface area is 168 Å². The zero-order valence-electron chi connectivity index (χ0n) is 17.7. The predicted molar refractivity (Wildman–Crippen MR) is 114 cm³/mol. The molecule has 1 saturated heterocycles. The molecule has 0 radical (unpaired) electrons. The van der Waals surface area contributed by atoms with Crippen molar-refractivity contribution in [3.05, 3.63) is 77.4 Å². The van der Waals surface area contributed by atoms with Crippen molar-refractivity contribution < 1.29 is 4.79 Å². The van der Waals surface area contributed by atoms with Crippen LogP contribution in [-0.2, 0) is 4.79 Å². The molecule has 3 heteroatoms. The molecular weight excluding hydrogens is 344 g/mol. The van der Waals surface area contributed by atoms with Gasteiger partial charge in [0.15, 0.2) is 5.66 Å². The van der Waals surface area contributed by atoms with E-state index < -0.39 is 5.66 Å². The summed E-state index contributed by atoms with van der Waals surface area (Å²) in [5.41, 5.74) is 3.55. The second kappa shape index (κ2) is 6.31. The normalized spacial score (nSPS) is 26.1. The maximum absolute atomic E-state index is 14.0. The van der Waals surface area contributed by atoms with Crippen molar-refractivity contribution in [2.45, 2.75) is 39.4 Å². The molecular formula is C25H30N2O. The molecule has 0 aromatic heterocycles. The van der Waals surface area contributed by atoms with Gasteiger partial charge in [0.1, 0.15) is 0 Å². The third-order valence-electron chi connectivity index (χ3n) is 6.63. The van der Waals surface area contributed by atoms with Gasteiger partial charge in [0.05, 0.1) is 11.7 Å². The van der Waals surface area contributed by atoms with Gasteiger partial charge < -0.3 is 4.90 Å². The zero-order valence-corrected chi connectivity index (χ0v) is 17.7. The van der Waals surface area contributed by atoms with Gasteiger partial charge in [0.25, 0.3) is 0 Å². The first-order valence-corrected chi connectivity index (χ1v) is 10.1. The van der Waals surface area contributed by atoms with Gasteiger partial charge in [0.2, 0.25) is 5.78 Å². The molecule has 1 fully saturated rings. The van der Waals surface area contributed by atoms with Crippen LogP contribution in [0.3, 0.4) is 0 Å². The lowest BCUT2D eigenvalue weighted by molar-refractivity contribution is -0.217. The van der Waals surface area contributed by atoms with Gasteiger partial charge in [-0.05, 0) is 31.1 Å². The fraction of sp³-hybridized carbons (Fsp3) is 0.400. The van der Waals surface area contributed by atoms with E-state index in [0.717, 1.165) is 16.8 Å². The smallest absolute Gasteiger partial charge is 0.202 e. The number of fused-ring (bicyclic) bond motifs is 1. The summed E-state index contributed by atoms with van der Waals surface area (Å²) in [5, 5.41) is 0. The lowest BCUT2D eigenvalue weighted by Crippen LogP contribution is -2.79. The summed E-state index contributed by atoms with van der Waals surface area (Å²) in [5.74, 6) is 0.417. The maximum Gasteiger partial charge on any atom is 0.202 e. The van der Waals surface area contributed by atoms with Crippen LogP contribution in [0.2, 0.25) is 0 Å². The number of likely N-dealkylation sites (N-methyl/N-ethyl adjacent to an activating group) is 1. The highest BCUT2D eigenvalue weighted by Crippen LogP contribution is 2.68. The van der Waals surface area contributed by atoms with Crippen molar-refractivity contribution >= 4 is 11.5 Å². The van der Waals surface area contributed by atoms with E-state index in [1.54, 1.807) is 0 Å². The van der Waals surface area contributed by atoms with Crippen molar-refractivity contribution in [1.29, 1.82) is 0 Å². The van der Waals surface area contributed by atoms with E-state index in [2.05, 4.69) is 92.1 Å². The Bertz CT molecular complexity index is 928. The van der Waals surface area contributed by atoms with Crippen molar-refractivity contribution in [3.8, 4) is 0 Å². The molecule has 4 rings (SSSR count). The minimum atomic E-state index is -0.654. The number of ketones is 1. The summed E-state index contributed by atoms with van der Waals surface area (Å²) in [4.78, 5) is 18.5. The first-order valence-electron chi connectivity index (χ1n) is 10.1. The summed E-state index contributed by atoms with van der Waals surface area (Å²) in [7, 11) is 4.08. The average molecular weight is 375 g/mol. The molecule has 0 unspecified atom stereocenters. The number of Topliss-reactive ketones (excluding diaryl/α,β-unsaturated/α-hetero) is 1. The summed E-state index contributed by atoms with van der Waals surface area (Å²) < 4.78 is 0. The van der Waals surface area contributed by atoms with Gasteiger partial charge in [-0.1, -0.05) is 88.4 Å². The standard InChI is InChI=1S/C25H30N2O/c1-17(2)20-21(18-13-9-7-10-14-18)27-22(19-15-11-8-12-16-19)24(3,4)25(27,23(20)28)26(5)6/h7-17,22H,1-6H3/t22-,25-/m1/s1. The van der Waals surface area contributed by atoms with Crippen LogP contribution < -0.4 is 0 Å². The van der Waals surface area contributed by atoms with E-state index >= 15 is 0 Å². The molecule has 2 aromatic carbocycles. The highest BCUT2D eigenvalue weighted by atomic mass is 16.1. The van der Waals surface area contributed by atoms with Crippen LogP contribution in [0.25, 0.3) is 5.70 Å². The van der Waals surface area contributed by atoms with Crippen LogP contribution in [-0.4, -0.2) is 35.3 Å². The van der Waals surface area contributed by atoms with Gasteiger partial charge in [-0.3, -0.25) is 9.69 Å². The predicted octanol–water partition coefficient (Wildman–Crippen LogP) is 4.98. The van der Waals surface area contributed by atoms with E-state index in [9.17, 15) is 4.79 Å². The van der Waals surface area contributed by atoms with Gasteiger partial charge in [-0.25, -0.2) is 0 Å². The Morgan fingerprint density at radius 1 is 0.929 bits per heavy atom. The molecule has 0 N–H and O–H groups in total. The van der Waals surface area contributed by atoms with Gasteiger partial charge >= 0.3 is 0 Å². The minimum Gasteiger partial charge on any atom is -0.337 e. The second-order valence-electron chi connectivity index (χ2n) is 9.08. The number of benzene rings is 2. The molecule has 0 aliphatic carbocycles. The molecule has 2 aliphatic rings. The molecule has 0 bridgehead atoms. The fourth-order valence-corrected chi connectivity index (χ4v) is 5.68. The fourth-order valence-electron chi connectivity index (χ4n) is 5.68. The van der Waals surface area contributed by atoms with Gasteiger partial charge in [-0.15, -0.1) is 0 Å². The van der Waals surface area contributed by atoms with Gasteiger partial charge in [-0.2, -0.15) is 0 Å². The molecule has 2 heterocycles. The lowest BCUT2D eigenvalue weighted by Gasteiger charge is -2.69. The maximum atomic E-state index is 14.0. The van der Waals surface area contributed by atoms with Crippen molar-refractivity contribution in [1.82, 2.24) is 9.80 Å². The van der Waals surface area contributed by atoms with E-state index in [1.165, 1.54) is 5.56 Å². The highest BCUT2D eigenvalue weighted by Gasteiger charge is 2.75. The molecule has 2 atom stereocenters. The van der Waals surface area contributed by atoms with E-state index in [4.69, 9.17) is 0 Å². The summed E-state index contributed by atoms with van der Waals surface area (Å²) in [6.07, 6.45) is 0. The molecule has 0 saturated carbocycles. The largest absolute Gasteiger partial charge is 0.337 e. The molecule has 2 aliphatic heterocycles. The molecule has 146 valence electrons. The minimum absolute atomic E-state index is 0.145. The Morgan fingerprint density at radius 3 is 1.96 bits per heavy atom. The third kappa shape index (κ3) is 2.17. The number of hydrogen-bond donors (Lipinski definition) is 0. The summed E-state index contributed by atoms with van der Waals surface area (Å²) in [6.45, 7) is 8.75. The number of rotatable bonds is 4. The monoisotopic (exact) mass is 374 g/mol. The van der Waals surface area contributed by atoms with Crippen LogP contribution in [0.1, 0.15) is 44.9 Å². The average Bonchev–Trinajstić information content (AvgIpc) is 2.90. The topological polar surface area (TPSA) is 23.6 Å². The Morgan fingerprint density at radius 2 is 1.46 bits per heavy atom. The number of hydrogen-bond acceptors (Lipinski definition) is 3. The first-order chi connectivity index (χ1) is 13.3. The SMILES string of the molecule is CC(C)C1=C(c2ccccc2)N2[C@H](c3ccccc3)C(C)(C)[C@@]2(N(C)C)C1=O. The van der Waals surface area contributed by atoms with Crippen LogP contribution in [0.5, 0.6) is 0 Å². The third-order valence-corrected chi connectivity index (χ3v) is 6.63. The quantitative estimate of drug-likeness (QED) is 0.754. The van der Waals surface area contributed by atoms with Crippen LogP contribution in [0.15, 0.2) is 66.2 Å². The van der Waals surface area contributed by atoms with E-state index in [1.807, 2.05) is 20.2 Å². The summed E-state index contributed by atoms with van der Waals surface area (Å²) >= 11 is 0. The lowest BCUT2D eigenvalue weighted by atomic mass is 9.59. The molecule has 0 amide bonds. The van der Waals surface area contributed by atoms with Crippen molar-refractivity contribution in [3.63, 3.8) is 0 Å². The molecule has 28 heavy (non-hydrogen) atoms. The number of nitrogens with zero attached hydrogens (tertiary/aromatic N) is 2. The summed E-state index contributed by atoms with van der Waals surface area (Å²) in [6, 6.07) is 21.2. The zero-order chi connectivity index (χ0) is 20.3. The van der Waals surface area contributed by atoms with E-state index in [0.29, 0.717) is 0 Å². The number of carbonyl (C=O) groups excluding carboxylic acids is 1. The van der Waals surface area contributed by atoms with Gasteiger partial charge in [0, 0.05) is 11.0 Å². The molecule has 2 aromatic rings. The van der Waals surface area contributed by atoms with Crippen LogP contribution in [0.4, 0.5) is 0 Å². The van der Waals surface area contributed by atoms with Crippen LogP contribution in [0, 0.1) is 11.3 Å². The Hall–Kier alpha value is -2.39. The number of carbonyl (C=O) groups is 1. The highest BCUT2D eigenvalue weighted by molar-refractivity contribution is 6.14. The van der Waals surface area contributed by atoms with Crippen molar-refractivity contribution in [2.24, 2.45) is 11.3 Å². The Kier molecular flexibility index (Phi) is 4.27. The Balaban J connectivity index is 2.00. The first kappa shape index (κ1) is 18.9. The van der Waals surface area contributed by atoms with E-state index in [-0.39, 0.29) is 23.2 Å². The second-order valence-corrected chi connectivity index (χ2v) is 9.08. The van der Waals surface area contributed by atoms with Crippen LogP contribution >= 0.6 is 0 Å². The van der Waals surface area contributed by atoms with Crippen molar-refractivity contribution in [2.75, 3.05) is 14.1 Å².